The zero-order chi connectivity index (χ0) is 14.9. The lowest BCUT2D eigenvalue weighted by Gasteiger charge is -2.34. The molecule has 1 aromatic carbocycles. The second kappa shape index (κ2) is 5.82. The van der Waals surface area contributed by atoms with Crippen LogP contribution in [0.4, 0.5) is 0 Å². The van der Waals surface area contributed by atoms with Crippen LogP contribution in [0.15, 0.2) is 30.3 Å². The predicted molar refractivity (Wildman–Crippen MR) is 89.9 cm³/mol. The van der Waals surface area contributed by atoms with Gasteiger partial charge in [-0.15, -0.1) is 21.5 Å². The summed E-state index contributed by atoms with van der Waals surface area (Å²) in [5.41, 5.74) is 2.57. The standard InChI is InChI=1S/C17H20N4S/c1-12-19-20-17(22-12)11-21-9-5-4-8-16(21)15-10-13-6-2-3-7-14(13)18-15/h2-3,6-7,10,16,18H,4-5,8-9,11H2,1H3/t16-/m1/s1. The van der Waals surface area contributed by atoms with Gasteiger partial charge in [0.15, 0.2) is 0 Å². The van der Waals surface area contributed by atoms with Gasteiger partial charge in [-0.2, -0.15) is 0 Å². The quantitative estimate of drug-likeness (QED) is 0.793. The average Bonchev–Trinajstić information content (AvgIpc) is 3.14. The number of aromatic nitrogens is 3. The fourth-order valence-electron chi connectivity index (χ4n) is 3.38. The van der Waals surface area contributed by atoms with Crippen molar-refractivity contribution in [3.63, 3.8) is 0 Å². The molecule has 0 amide bonds. The Morgan fingerprint density at radius 3 is 3.00 bits per heavy atom. The van der Waals surface area contributed by atoms with Crippen molar-refractivity contribution >= 4 is 22.2 Å². The number of hydrogen-bond donors (Lipinski definition) is 1. The van der Waals surface area contributed by atoms with Crippen molar-refractivity contribution in [1.82, 2.24) is 20.1 Å². The van der Waals surface area contributed by atoms with Gasteiger partial charge in [0.05, 0.1) is 12.6 Å². The van der Waals surface area contributed by atoms with E-state index in [2.05, 4.69) is 50.4 Å². The normalized spacial score (nSPS) is 19.8. The van der Waals surface area contributed by atoms with Crippen LogP contribution in [0.1, 0.15) is 41.0 Å². The molecule has 1 fully saturated rings. The number of benzene rings is 1. The number of likely N-dealkylation sites (tertiary alicyclic amines) is 1. The highest BCUT2D eigenvalue weighted by atomic mass is 32.1. The average molecular weight is 312 g/mol. The second-order valence-corrected chi connectivity index (χ2v) is 7.27. The number of rotatable bonds is 3. The maximum absolute atomic E-state index is 4.30. The predicted octanol–water partition coefficient (Wildman–Crippen LogP) is 4.06. The van der Waals surface area contributed by atoms with Crippen LogP contribution < -0.4 is 0 Å². The molecule has 2 aromatic heterocycles. The molecule has 3 heterocycles. The molecule has 4 rings (SSSR count). The summed E-state index contributed by atoms with van der Waals surface area (Å²) in [6, 6.07) is 11.3. The van der Waals surface area contributed by atoms with Crippen molar-refractivity contribution in [2.24, 2.45) is 0 Å². The number of piperidine rings is 1. The van der Waals surface area contributed by atoms with Gasteiger partial charge in [-0.3, -0.25) is 4.90 Å². The van der Waals surface area contributed by atoms with E-state index in [0.29, 0.717) is 6.04 Å². The SMILES string of the molecule is Cc1nnc(CN2CCCC[C@@H]2c2cc3ccccc3[nH]2)s1. The van der Waals surface area contributed by atoms with Gasteiger partial charge in [0, 0.05) is 11.2 Å². The van der Waals surface area contributed by atoms with Crippen LogP contribution in [0.25, 0.3) is 10.9 Å². The highest BCUT2D eigenvalue weighted by Gasteiger charge is 2.26. The summed E-state index contributed by atoms with van der Waals surface area (Å²) in [6.07, 6.45) is 3.78. The van der Waals surface area contributed by atoms with Crippen LogP contribution >= 0.6 is 11.3 Å². The van der Waals surface area contributed by atoms with Gasteiger partial charge in [0.1, 0.15) is 10.0 Å². The molecule has 114 valence electrons. The van der Waals surface area contributed by atoms with E-state index in [0.717, 1.165) is 23.1 Å². The monoisotopic (exact) mass is 312 g/mol. The molecule has 0 bridgehead atoms. The fourth-order valence-corrected chi connectivity index (χ4v) is 4.12. The number of nitrogens with zero attached hydrogens (tertiary/aromatic N) is 3. The number of aryl methyl sites for hydroxylation is 1. The van der Waals surface area contributed by atoms with Crippen LogP contribution in [-0.2, 0) is 6.54 Å². The third-order valence-electron chi connectivity index (χ3n) is 4.43. The van der Waals surface area contributed by atoms with Gasteiger partial charge in [-0.05, 0) is 43.8 Å². The van der Waals surface area contributed by atoms with Crippen molar-refractivity contribution in [1.29, 1.82) is 0 Å². The topological polar surface area (TPSA) is 44.8 Å². The maximum atomic E-state index is 4.30. The Morgan fingerprint density at radius 2 is 2.18 bits per heavy atom. The van der Waals surface area contributed by atoms with Crippen molar-refractivity contribution in [3.05, 3.63) is 46.0 Å². The Morgan fingerprint density at radius 1 is 1.27 bits per heavy atom. The van der Waals surface area contributed by atoms with Crippen molar-refractivity contribution in [2.75, 3.05) is 6.54 Å². The van der Waals surface area contributed by atoms with E-state index in [1.54, 1.807) is 11.3 Å². The van der Waals surface area contributed by atoms with Crippen molar-refractivity contribution in [2.45, 2.75) is 38.8 Å². The molecule has 1 saturated heterocycles. The van der Waals surface area contributed by atoms with Crippen molar-refractivity contribution in [3.8, 4) is 0 Å². The largest absolute Gasteiger partial charge is 0.357 e. The molecule has 0 radical (unpaired) electrons. The van der Waals surface area contributed by atoms with E-state index in [1.807, 2.05) is 6.92 Å². The molecule has 1 aliphatic heterocycles. The first kappa shape index (κ1) is 13.9. The summed E-state index contributed by atoms with van der Waals surface area (Å²) >= 11 is 1.71. The Balaban J connectivity index is 1.62. The number of nitrogens with one attached hydrogen (secondary N) is 1. The molecule has 0 spiro atoms. The molecule has 5 heteroatoms. The lowest BCUT2D eigenvalue weighted by molar-refractivity contribution is 0.137. The van der Waals surface area contributed by atoms with E-state index in [-0.39, 0.29) is 0 Å². The number of H-pyrrole nitrogens is 1. The molecule has 0 unspecified atom stereocenters. The molecule has 4 nitrogen and oxygen atoms in total. The van der Waals surface area contributed by atoms with Gasteiger partial charge < -0.3 is 4.98 Å². The summed E-state index contributed by atoms with van der Waals surface area (Å²) in [4.78, 5) is 6.16. The summed E-state index contributed by atoms with van der Waals surface area (Å²) < 4.78 is 0. The molecular formula is C17H20N4S. The lowest BCUT2D eigenvalue weighted by Crippen LogP contribution is -2.33. The summed E-state index contributed by atoms with van der Waals surface area (Å²) in [5.74, 6) is 0. The summed E-state index contributed by atoms with van der Waals surface area (Å²) in [7, 11) is 0. The third-order valence-corrected chi connectivity index (χ3v) is 5.25. The van der Waals surface area contributed by atoms with E-state index >= 15 is 0 Å². The van der Waals surface area contributed by atoms with Crippen LogP contribution in [0.2, 0.25) is 0 Å². The van der Waals surface area contributed by atoms with Gasteiger partial charge >= 0.3 is 0 Å². The zero-order valence-corrected chi connectivity index (χ0v) is 13.6. The molecule has 22 heavy (non-hydrogen) atoms. The molecular weight excluding hydrogens is 292 g/mol. The van der Waals surface area contributed by atoms with Crippen LogP contribution in [0.5, 0.6) is 0 Å². The first-order chi connectivity index (χ1) is 10.8. The van der Waals surface area contributed by atoms with Gasteiger partial charge in [-0.1, -0.05) is 24.6 Å². The van der Waals surface area contributed by atoms with Gasteiger partial charge in [0.2, 0.25) is 0 Å². The van der Waals surface area contributed by atoms with Crippen LogP contribution in [0.3, 0.4) is 0 Å². The maximum Gasteiger partial charge on any atom is 0.131 e. The third kappa shape index (κ3) is 2.66. The molecule has 1 atom stereocenters. The molecule has 1 N–H and O–H groups in total. The molecule has 0 saturated carbocycles. The first-order valence-electron chi connectivity index (χ1n) is 7.90. The molecule has 3 aromatic rings. The van der Waals surface area contributed by atoms with E-state index < -0.39 is 0 Å². The van der Waals surface area contributed by atoms with E-state index in [9.17, 15) is 0 Å². The first-order valence-corrected chi connectivity index (χ1v) is 8.72. The van der Waals surface area contributed by atoms with E-state index in [4.69, 9.17) is 0 Å². The zero-order valence-electron chi connectivity index (χ0n) is 12.7. The highest BCUT2D eigenvalue weighted by Crippen LogP contribution is 2.33. The van der Waals surface area contributed by atoms with Crippen molar-refractivity contribution < 1.29 is 0 Å². The highest BCUT2D eigenvalue weighted by molar-refractivity contribution is 7.11. The smallest absolute Gasteiger partial charge is 0.131 e. The van der Waals surface area contributed by atoms with Crippen LogP contribution in [0, 0.1) is 6.92 Å². The minimum Gasteiger partial charge on any atom is -0.357 e. The summed E-state index contributed by atoms with van der Waals surface area (Å²) in [5, 5.41) is 11.9. The number of fused-ring (bicyclic) bond motifs is 1. The minimum absolute atomic E-state index is 0.463. The summed E-state index contributed by atoms with van der Waals surface area (Å²) in [6.45, 7) is 4.07. The molecule has 0 aliphatic carbocycles. The fraction of sp³-hybridized carbons (Fsp3) is 0.412. The minimum atomic E-state index is 0.463. The lowest BCUT2D eigenvalue weighted by atomic mass is 9.99. The number of aromatic amines is 1. The van der Waals surface area contributed by atoms with Gasteiger partial charge in [0.25, 0.3) is 0 Å². The van der Waals surface area contributed by atoms with Gasteiger partial charge in [-0.25, -0.2) is 0 Å². The van der Waals surface area contributed by atoms with Crippen LogP contribution in [-0.4, -0.2) is 26.6 Å². The Bertz CT molecular complexity index is 743. The molecule has 1 aliphatic rings. The Hall–Kier alpha value is -1.72. The number of para-hydroxylation sites is 1. The number of hydrogen-bond acceptors (Lipinski definition) is 4. The van der Waals surface area contributed by atoms with E-state index in [1.165, 1.54) is 35.9 Å². The Labute approximate surface area is 134 Å². The second-order valence-electron chi connectivity index (χ2n) is 6.01. The Kier molecular flexibility index (Phi) is 3.68.